The number of aromatic nitrogens is 2. The average molecular weight is 685 g/mol. The molecule has 13 nitrogen and oxygen atoms in total. The quantitative estimate of drug-likeness (QED) is 0.227. The zero-order valence-electron chi connectivity index (χ0n) is 29.8. The molecule has 3 fully saturated rings. The number of carbonyl (C=O) groups is 5. The Hall–Kier alpha value is -3.61. The Labute approximate surface area is 290 Å². The number of ether oxygens (including phenoxy) is 1. The summed E-state index contributed by atoms with van der Waals surface area (Å²) in [6.07, 6.45) is 12.1. The van der Waals surface area contributed by atoms with E-state index in [1.807, 2.05) is 27.7 Å². The molecular formula is C36H56N6O7. The van der Waals surface area contributed by atoms with E-state index in [0.717, 1.165) is 57.8 Å². The van der Waals surface area contributed by atoms with Gasteiger partial charge in [0.25, 0.3) is 5.91 Å². The summed E-state index contributed by atoms with van der Waals surface area (Å²) >= 11 is 0. The van der Waals surface area contributed by atoms with Crippen LogP contribution in [0.2, 0.25) is 0 Å². The fourth-order valence-corrected chi connectivity index (χ4v) is 7.83. The lowest BCUT2D eigenvalue weighted by Crippen LogP contribution is -2.63. The minimum absolute atomic E-state index is 0.0997. The molecule has 272 valence electrons. The predicted octanol–water partition coefficient (Wildman–Crippen LogP) is 3.05. The van der Waals surface area contributed by atoms with Gasteiger partial charge in [0.1, 0.15) is 23.8 Å². The lowest BCUT2D eigenvalue weighted by atomic mass is 9.81. The summed E-state index contributed by atoms with van der Waals surface area (Å²) in [5.41, 5.74) is -0.638. The number of hydrogen-bond donors (Lipinski definition) is 4. The highest BCUT2D eigenvalue weighted by Crippen LogP contribution is 2.41. The molecular weight excluding hydrogens is 628 g/mol. The highest BCUT2D eigenvalue weighted by molar-refractivity contribution is 5.98. The molecule has 4 amide bonds. The molecule has 2 heterocycles. The number of rotatable bonds is 13. The van der Waals surface area contributed by atoms with Crippen molar-refractivity contribution in [2.75, 3.05) is 6.61 Å². The maximum Gasteiger partial charge on any atom is 0.337 e. The first-order valence-corrected chi connectivity index (χ1v) is 18.2. The van der Waals surface area contributed by atoms with E-state index in [2.05, 4.69) is 25.9 Å². The van der Waals surface area contributed by atoms with Gasteiger partial charge in [0.15, 0.2) is 6.10 Å². The van der Waals surface area contributed by atoms with Crippen LogP contribution in [0.1, 0.15) is 122 Å². The minimum atomic E-state index is -1.54. The van der Waals surface area contributed by atoms with E-state index in [1.165, 1.54) is 18.6 Å². The van der Waals surface area contributed by atoms with Crippen molar-refractivity contribution < 1.29 is 33.8 Å². The molecule has 0 spiro atoms. The number of hydrogen-bond acceptors (Lipinski definition) is 9. The SMILES string of the molecule is CCC[C@H](NC(=O)[C@@H]1CC2CCCCC2N1C(=O)[C@@H](NC(=O)[C@@H](NC(=O)c1cnccn1)C1CCCCC1)C(C)(C)C)C(O)C(=O)OCC. The number of esters is 1. The van der Waals surface area contributed by atoms with Crippen LogP contribution in [0, 0.1) is 17.3 Å². The molecule has 2 saturated carbocycles. The van der Waals surface area contributed by atoms with Gasteiger partial charge in [-0.05, 0) is 62.7 Å². The van der Waals surface area contributed by atoms with Gasteiger partial charge in [-0.2, -0.15) is 0 Å². The standard InChI is InChI=1S/C36H56N6O7/c1-6-13-24(29(43)35(48)49-7-2)39-32(45)27-20-23-16-11-12-17-26(23)42(27)34(47)30(36(3,4)5)41-33(46)28(22-14-9-8-10-15-22)40-31(44)25-21-37-18-19-38-25/h18-19,21-24,26-30,43H,6-17,20H2,1-5H3,(H,39,45)(H,40,44)(H,41,46)/t23?,24-,26?,27-,28-,29?,30+/m0/s1. The molecule has 2 aliphatic carbocycles. The summed E-state index contributed by atoms with van der Waals surface area (Å²) < 4.78 is 5.01. The van der Waals surface area contributed by atoms with Crippen LogP contribution in [0.5, 0.6) is 0 Å². The van der Waals surface area contributed by atoms with E-state index in [4.69, 9.17) is 4.74 Å². The highest BCUT2D eigenvalue weighted by atomic mass is 16.5. The predicted molar refractivity (Wildman–Crippen MR) is 182 cm³/mol. The van der Waals surface area contributed by atoms with Crippen LogP contribution >= 0.6 is 0 Å². The van der Waals surface area contributed by atoms with E-state index < -0.39 is 59.4 Å². The zero-order valence-corrected chi connectivity index (χ0v) is 29.8. The Morgan fingerprint density at radius 1 is 0.959 bits per heavy atom. The van der Waals surface area contributed by atoms with Crippen LogP contribution in [0.25, 0.3) is 0 Å². The lowest BCUT2D eigenvalue weighted by molar-refractivity contribution is -0.155. The summed E-state index contributed by atoms with van der Waals surface area (Å²) in [6.45, 7) is 9.27. The van der Waals surface area contributed by atoms with Crippen molar-refractivity contribution >= 4 is 29.6 Å². The number of aliphatic hydroxyl groups excluding tert-OH is 1. The Morgan fingerprint density at radius 2 is 1.65 bits per heavy atom. The maximum atomic E-state index is 14.8. The van der Waals surface area contributed by atoms with Gasteiger partial charge in [0.2, 0.25) is 17.7 Å². The molecule has 1 aromatic heterocycles. The molecule has 0 radical (unpaired) electrons. The number of amides is 4. The summed E-state index contributed by atoms with van der Waals surface area (Å²) in [5.74, 6) is -2.53. The molecule has 1 aromatic rings. The van der Waals surface area contributed by atoms with Gasteiger partial charge >= 0.3 is 5.97 Å². The average Bonchev–Trinajstić information content (AvgIpc) is 3.49. The molecule has 1 saturated heterocycles. The third-order valence-corrected chi connectivity index (χ3v) is 10.4. The summed E-state index contributed by atoms with van der Waals surface area (Å²) in [5, 5.41) is 19.6. The maximum absolute atomic E-state index is 14.8. The first-order chi connectivity index (χ1) is 23.4. The van der Waals surface area contributed by atoms with E-state index in [-0.39, 0.29) is 36.1 Å². The number of carbonyl (C=O) groups excluding carboxylic acids is 5. The van der Waals surface area contributed by atoms with Crippen LogP contribution in [0.15, 0.2) is 18.6 Å². The lowest BCUT2D eigenvalue weighted by Gasteiger charge is -2.40. The molecule has 4 N–H and O–H groups in total. The summed E-state index contributed by atoms with van der Waals surface area (Å²) in [7, 11) is 0. The van der Waals surface area contributed by atoms with Gasteiger partial charge in [-0.1, -0.05) is 66.2 Å². The van der Waals surface area contributed by atoms with Crippen LogP contribution < -0.4 is 16.0 Å². The highest BCUT2D eigenvalue weighted by Gasteiger charge is 2.51. The van der Waals surface area contributed by atoms with Gasteiger partial charge in [-0.15, -0.1) is 0 Å². The molecule has 1 aliphatic heterocycles. The van der Waals surface area contributed by atoms with Crippen LogP contribution in [-0.4, -0.2) is 92.5 Å². The normalized spacial score (nSPS) is 23.7. The van der Waals surface area contributed by atoms with Crippen molar-refractivity contribution in [1.29, 1.82) is 0 Å². The van der Waals surface area contributed by atoms with Crippen LogP contribution in [-0.2, 0) is 23.9 Å². The Kier molecular flexibility index (Phi) is 13.5. The second kappa shape index (κ2) is 17.4. The van der Waals surface area contributed by atoms with Crippen molar-refractivity contribution in [3.8, 4) is 0 Å². The molecule has 7 atom stereocenters. The van der Waals surface area contributed by atoms with Gasteiger partial charge in [-0.3, -0.25) is 24.2 Å². The van der Waals surface area contributed by atoms with Crippen molar-refractivity contribution in [3.63, 3.8) is 0 Å². The van der Waals surface area contributed by atoms with E-state index in [9.17, 15) is 29.1 Å². The molecule has 49 heavy (non-hydrogen) atoms. The number of nitrogens with one attached hydrogen (secondary N) is 3. The summed E-state index contributed by atoms with van der Waals surface area (Å²) in [6, 6.07) is -3.76. The summed E-state index contributed by atoms with van der Waals surface area (Å²) in [4.78, 5) is 78.4. The van der Waals surface area contributed by atoms with Gasteiger partial charge in [0.05, 0.1) is 18.8 Å². The number of nitrogens with zero attached hydrogens (tertiary/aromatic N) is 3. The molecule has 4 rings (SSSR count). The minimum Gasteiger partial charge on any atom is -0.464 e. The number of fused-ring (bicyclic) bond motifs is 1. The fourth-order valence-electron chi connectivity index (χ4n) is 7.83. The van der Waals surface area contributed by atoms with Crippen molar-refractivity contribution in [1.82, 2.24) is 30.8 Å². The van der Waals surface area contributed by atoms with E-state index in [1.54, 1.807) is 11.8 Å². The Morgan fingerprint density at radius 3 is 2.29 bits per heavy atom. The topological polar surface area (TPSA) is 180 Å². The first-order valence-electron chi connectivity index (χ1n) is 18.2. The van der Waals surface area contributed by atoms with E-state index in [0.29, 0.717) is 19.3 Å². The van der Waals surface area contributed by atoms with Crippen molar-refractivity contribution in [2.24, 2.45) is 17.3 Å². The number of likely N-dealkylation sites (tertiary alicyclic amines) is 1. The third kappa shape index (κ3) is 9.55. The van der Waals surface area contributed by atoms with Gasteiger partial charge < -0.3 is 30.7 Å². The Bertz CT molecular complexity index is 1300. The molecule has 3 aliphatic rings. The second-order valence-electron chi connectivity index (χ2n) is 15.0. The second-order valence-corrected chi connectivity index (χ2v) is 15.0. The first kappa shape index (κ1) is 38.2. The van der Waals surface area contributed by atoms with E-state index >= 15 is 0 Å². The van der Waals surface area contributed by atoms with Crippen LogP contribution in [0.3, 0.4) is 0 Å². The molecule has 0 bridgehead atoms. The number of aliphatic hydroxyl groups is 1. The monoisotopic (exact) mass is 684 g/mol. The molecule has 13 heteroatoms. The largest absolute Gasteiger partial charge is 0.464 e. The zero-order chi connectivity index (χ0) is 35.7. The Balaban J connectivity index is 1.60. The molecule has 0 aromatic carbocycles. The van der Waals surface area contributed by atoms with Gasteiger partial charge in [-0.25, -0.2) is 9.78 Å². The van der Waals surface area contributed by atoms with Crippen molar-refractivity contribution in [2.45, 2.75) is 148 Å². The molecule has 3 unspecified atom stereocenters. The fraction of sp³-hybridized carbons (Fsp3) is 0.750. The smallest absolute Gasteiger partial charge is 0.337 e. The van der Waals surface area contributed by atoms with Crippen LogP contribution in [0.4, 0.5) is 0 Å². The van der Waals surface area contributed by atoms with Gasteiger partial charge in [0, 0.05) is 18.4 Å². The third-order valence-electron chi connectivity index (χ3n) is 10.4. The van der Waals surface area contributed by atoms with Crippen molar-refractivity contribution in [3.05, 3.63) is 24.3 Å².